The van der Waals surface area contributed by atoms with Crippen LogP contribution in [-0.4, -0.2) is 23.5 Å². The van der Waals surface area contributed by atoms with Gasteiger partial charge in [-0.2, -0.15) is 0 Å². The molecule has 4 nitrogen and oxygen atoms in total. The summed E-state index contributed by atoms with van der Waals surface area (Å²) >= 11 is 6.54. The van der Waals surface area contributed by atoms with Crippen molar-refractivity contribution in [2.24, 2.45) is 0 Å². The van der Waals surface area contributed by atoms with Gasteiger partial charge >= 0.3 is 0 Å². The van der Waals surface area contributed by atoms with Gasteiger partial charge < -0.3 is 15.0 Å². The number of rotatable bonds is 5. The van der Waals surface area contributed by atoms with Crippen molar-refractivity contribution in [3.63, 3.8) is 0 Å². The number of aromatic nitrogens is 1. The normalized spacial score (nSPS) is 16.1. The molecule has 0 aliphatic carbocycles. The molecule has 5 rings (SSSR count). The number of halogens is 1. The Balaban J connectivity index is 1.41. The molecular weight excluding hydrogens is 396 g/mol. The highest BCUT2D eigenvalue weighted by atomic mass is 35.5. The van der Waals surface area contributed by atoms with Gasteiger partial charge in [-0.3, -0.25) is 4.79 Å². The summed E-state index contributed by atoms with van der Waals surface area (Å²) in [6.45, 7) is 0.431. The lowest BCUT2D eigenvalue weighted by Crippen LogP contribution is -2.39. The summed E-state index contributed by atoms with van der Waals surface area (Å²) in [4.78, 5) is 16.2. The first-order valence-corrected chi connectivity index (χ1v) is 10.4. The number of aromatic amines is 1. The number of hydrogen-bond donors (Lipinski definition) is 2. The van der Waals surface area contributed by atoms with Gasteiger partial charge in [-0.05, 0) is 34.9 Å². The quantitative estimate of drug-likeness (QED) is 0.477. The monoisotopic (exact) mass is 416 g/mol. The minimum Gasteiger partial charge on any atom is -0.480 e. The first-order chi connectivity index (χ1) is 14.7. The van der Waals surface area contributed by atoms with E-state index < -0.39 is 6.10 Å². The molecule has 3 aromatic carbocycles. The lowest BCUT2D eigenvalue weighted by Gasteiger charge is -2.20. The van der Waals surface area contributed by atoms with E-state index >= 15 is 0 Å². The molecule has 1 aromatic heterocycles. The SMILES string of the molecule is O=C(NC[C@@H](c1ccccc1Cl)c1c[nH]c2ccccc12)[C@H]1Cc2ccccc2O1. The molecular formula is C25H21ClN2O2. The van der Waals surface area contributed by atoms with E-state index in [0.29, 0.717) is 18.0 Å². The van der Waals surface area contributed by atoms with E-state index in [-0.39, 0.29) is 11.8 Å². The van der Waals surface area contributed by atoms with Gasteiger partial charge in [-0.1, -0.05) is 66.2 Å². The summed E-state index contributed by atoms with van der Waals surface area (Å²) in [5.41, 5.74) is 4.22. The maximum absolute atomic E-state index is 12.9. The topological polar surface area (TPSA) is 54.1 Å². The van der Waals surface area contributed by atoms with Crippen molar-refractivity contribution in [2.45, 2.75) is 18.4 Å². The highest BCUT2D eigenvalue weighted by molar-refractivity contribution is 6.31. The van der Waals surface area contributed by atoms with Crippen LogP contribution in [0, 0.1) is 0 Å². The summed E-state index contributed by atoms with van der Waals surface area (Å²) < 4.78 is 5.85. The molecule has 1 amide bonds. The van der Waals surface area contributed by atoms with Gasteiger partial charge in [0.25, 0.3) is 5.91 Å². The maximum atomic E-state index is 12.9. The molecule has 0 bridgehead atoms. The number of carbonyl (C=O) groups excluding carboxylic acids is 1. The lowest BCUT2D eigenvalue weighted by atomic mass is 9.90. The van der Waals surface area contributed by atoms with Crippen molar-refractivity contribution < 1.29 is 9.53 Å². The van der Waals surface area contributed by atoms with Crippen LogP contribution < -0.4 is 10.1 Å². The standard InChI is InChI=1S/C25H21ClN2O2/c26-21-10-4-2-8-17(21)19(20-14-27-22-11-5-3-9-18(20)22)15-28-25(29)24-13-16-7-1-6-12-23(16)30-24/h1-12,14,19,24,27H,13,15H2,(H,28,29)/t19-,24+/m0/s1. The van der Waals surface area contributed by atoms with Gasteiger partial charge in [0, 0.05) is 41.0 Å². The first-order valence-electron chi connectivity index (χ1n) is 10.0. The zero-order valence-corrected chi connectivity index (χ0v) is 17.0. The van der Waals surface area contributed by atoms with Crippen molar-refractivity contribution in [1.82, 2.24) is 10.3 Å². The predicted octanol–water partition coefficient (Wildman–Crippen LogP) is 5.07. The highest BCUT2D eigenvalue weighted by Crippen LogP contribution is 2.34. The largest absolute Gasteiger partial charge is 0.480 e. The molecule has 0 spiro atoms. The zero-order valence-electron chi connectivity index (χ0n) is 16.3. The second-order valence-corrected chi connectivity index (χ2v) is 7.93. The number of hydrogen-bond acceptors (Lipinski definition) is 2. The molecule has 4 aromatic rings. The van der Waals surface area contributed by atoms with Crippen LogP contribution in [0.1, 0.15) is 22.6 Å². The van der Waals surface area contributed by atoms with Crippen LogP contribution in [0.15, 0.2) is 79.0 Å². The number of fused-ring (bicyclic) bond motifs is 2. The molecule has 0 fully saturated rings. The van der Waals surface area contributed by atoms with Crippen molar-refractivity contribution in [3.8, 4) is 5.75 Å². The smallest absolute Gasteiger partial charge is 0.261 e. The molecule has 0 saturated carbocycles. The van der Waals surface area contributed by atoms with E-state index in [1.807, 2.05) is 72.9 Å². The van der Waals surface area contributed by atoms with E-state index in [1.54, 1.807) is 0 Å². The molecule has 2 heterocycles. The molecule has 2 atom stereocenters. The fourth-order valence-electron chi connectivity index (χ4n) is 4.17. The molecule has 0 saturated heterocycles. The van der Waals surface area contributed by atoms with E-state index in [9.17, 15) is 4.79 Å². The zero-order chi connectivity index (χ0) is 20.5. The van der Waals surface area contributed by atoms with Gasteiger partial charge in [-0.25, -0.2) is 0 Å². The van der Waals surface area contributed by atoms with Crippen LogP contribution in [0.3, 0.4) is 0 Å². The molecule has 2 N–H and O–H groups in total. The van der Waals surface area contributed by atoms with Crippen LogP contribution >= 0.6 is 11.6 Å². The van der Waals surface area contributed by atoms with Crippen LogP contribution in [0.2, 0.25) is 5.02 Å². The Morgan fingerprint density at radius 2 is 1.80 bits per heavy atom. The fraction of sp³-hybridized carbons (Fsp3) is 0.160. The number of para-hydroxylation sites is 2. The first kappa shape index (κ1) is 18.8. The fourth-order valence-corrected chi connectivity index (χ4v) is 4.44. The van der Waals surface area contributed by atoms with E-state index in [2.05, 4.69) is 16.4 Å². The number of ether oxygens (including phenoxy) is 1. The average Bonchev–Trinajstić information content (AvgIpc) is 3.39. The van der Waals surface area contributed by atoms with Crippen LogP contribution in [0.25, 0.3) is 10.9 Å². The third-order valence-electron chi connectivity index (χ3n) is 5.70. The highest BCUT2D eigenvalue weighted by Gasteiger charge is 2.30. The molecule has 1 aliphatic heterocycles. The third-order valence-corrected chi connectivity index (χ3v) is 6.04. The Labute approximate surface area is 179 Å². The average molecular weight is 417 g/mol. The van der Waals surface area contributed by atoms with Gasteiger partial charge in [-0.15, -0.1) is 0 Å². The number of carbonyl (C=O) groups is 1. The summed E-state index contributed by atoms with van der Waals surface area (Å²) in [6, 6.07) is 23.7. The van der Waals surface area contributed by atoms with Crippen LogP contribution in [0.5, 0.6) is 5.75 Å². The van der Waals surface area contributed by atoms with Crippen molar-refractivity contribution in [3.05, 3.63) is 101 Å². The van der Waals surface area contributed by atoms with Crippen LogP contribution in [0.4, 0.5) is 0 Å². The maximum Gasteiger partial charge on any atom is 0.261 e. The Kier molecular flexibility index (Phi) is 4.93. The molecule has 150 valence electrons. The van der Waals surface area contributed by atoms with E-state index in [4.69, 9.17) is 16.3 Å². The number of benzene rings is 3. The molecule has 30 heavy (non-hydrogen) atoms. The van der Waals surface area contributed by atoms with Gasteiger partial charge in [0.1, 0.15) is 5.75 Å². The van der Waals surface area contributed by atoms with E-state index in [0.717, 1.165) is 33.3 Å². The molecule has 5 heteroatoms. The molecule has 0 unspecified atom stereocenters. The van der Waals surface area contributed by atoms with Crippen molar-refractivity contribution in [1.29, 1.82) is 0 Å². The minimum absolute atomic E-state index is 0.0809. The summed E-state index contributed by atoms with van der Waals surface area (Å²) in [6.07, 6.45) is 2.09. The van der Waals surface area contributed by atoms with Crippen molar-refractivity contribution >= 4 is 28.4 Å². The summed E-state index contributed by atoms with van der Waals surface area (Å²) in [5, 5.41) is 4.91. The van der Waals surface area contributed by atoms with Gasteiger partial charge in [0.05, 0.1) is 0 Å². The molecule has 0 radical (unpaired) electrons. The Bertz CT molecular complexity index is 1190. The Morgan fingerprint density at radius 1 is 1.03 bits per heavy atom. The van der Waals surface area contributed by atoms with Crippen LogP contribution in [-0.2, 0) is 11.2 Å². The summed E-state index contributed by atoms with van der Waals surface area (Å²) in [5.74, 6) is 0.600. The second kappa shape index (κ2) is 7.88. The third kappa shape index (κ3) is 3.44. The van der Waals surface area contributed by atoms with Crippen molar-refractivity contribution in [2.75, 3.05) is 6.54 Å². The number of H-pyrrole nitrogens is 1. The number of amides is 1. The predicted molar refractivity (Wildman–Crippen MR) is 119 cm³/mol. The van der Waals surface area contributed by atoms with Gasteiger partial charge in [0.15, 0.2) is 6.10 Å². The minimum atomic E-state index is -0.503. The second-order valence-electron chi connectivity index (χ2n) is 7.53. The summed E-state index contributed by atoms with van der Waals surface area (Å²) in [7, 11) is 0. The Hall–Kier alpha value is -3.24. The van der Waals surface area contributed by atoms with Gasteiger partial charge in [0.2, 0.25) is 0 Å². The van der Waals surface area contributed by atoms with E-state index in [1.165, 1.54) is 0 Å². The lowest BCUT2D eigenvalue weighted by molar-refractivity contribution is -0.127. The Morgan fingerprint density at radius 3 is 2.67 bits per heavy atom. The molecule has 1 aliphatic rings. The number of nitrogens with one attached hydrogen (secondary N) is 2.